The lowest BCUT2D eigenvalue weighted by atomic mass is 9.93. The molecule has 0 N–H and O–H groups in total. The van der Waals surface area contributed by atoms with E-state index in [2.05, 4.69) is 218 Å². The summed E-state index contributed by atoms with van der Waals surface area (Å²) >= 11 is 0. The third kappa shape index (κ3) is 7.23. The molecule has 0 bridgehead atoms. The van der Waals surface area contributed by atoms with Crippen molar-refractivity contribution < 1.29 is 0 Å². The maximum atomic E-state index is 5.17. The van der Waals surface area contributed by atoms with Gasteiger partial charge < -0.3 is 0 Å². The van der Waals surface area contributed by atoms with Gasteiger partial charge in [0.25, 0.3) is 0 Å². The minimum Gasteiger partial charge on any atom is -0.248 e. The van der Waals surface area contributed by atoms with Crippen molar-refractivity contribution in [1.82, 2.24) is 15.0 Å². The minimum atomic E-state index is 0.685. The molecule has 0 unspecified atom stereocenters. The van der Waals surface area contributed by atoms with E-state index in [-0.39, 0.29) is 0 Å². The van der Waals surface area contributed by atoms with Crippen LogP contribution in [0.3, 0.4) is 0 Å². The van der Waals surface area contributed by atoms with Crippen molar-refractivity contribution in [3.8, 4) is 89.7 Å². The summed E-state index contributed by atoms with van der Waals surface area (Å²) in [6.45, 7) is 0. The molecule has 0 saturated heterocycles. The molecule has 11 rings (SSSR count). The monoisotopic (exact) mass is 789 g/mol. The summed E-state index contributed by atoms with van der Waals surface area (Å²) in [4.78, 5) is 15.5. The molecule has 0 fully saturated rings. The molecule has 9 aromatic carbocycles. The van der Waals surface area contributed by atoms with Crippen LogP contribution in [-0.4, -0.2) is 15.0 Å². The second-order valence-electron chi connectivity index (χ2n) is 15.6. The molecule has 3 nitrogen and oxygen atoms in total. The largest absolute Gasteiger partial charge is 0.248 e. The van der Waals surface area contributed by atoms with E-state index in [0.29, 0.717) is 5.82 Å². The fraction of sp³-hybridized carbons (Fsp3) is 0. The van der Waals surface area contributed by atoms with Crippen molar-refractivity contribution in [2.75, 3.05) is 0 Å². The Morgan fingerprint density at radius 2 is 0.613 bits per heavy atom. The van der Waals surface area contributed by atoms with Gasteiger partial charge in [-0.25, -0.2) is 15.0 Å². The Hall–Kier alpha value is -8.27. The van der Waals surface area contributed by atoms with Crippen LogP contribution in [-0.2, 0) is 0 Å². The zero-order chi connectivity index (χ0) is 41.2. The van der Waals surface area contributed by atoms with E-state index in [9.17, 15) is 0 Å². The van der Waals surface area contributed by atoms with Gasteiger partial charge in [0.1, 0.15) is 0 Å². The van der Waals surface area contributed by atoms with E-state index < -0.39 is 0 Å². The molecular weight excluding hydrogens is 751 g/mol. The Morgan fingerprint density at radius 3 is 1.13 bits per heavy atom. The van der Waals surface area contributed by atoms with Gasteiger partial charge in [0.05, 0.1) is 22.6 Å². The lowest BCUT2D eigenvalue weighted by Gasteiger charge is -2.14. The molecule has 0 saturated carbocycles. The summed E-state index contributed by atoms with van der Waals surface area (Å²) in [7, 11) is 0. The lowest BCUT2D eigenvalue weighted by Crippen LogP contribution is -1.96. The lowest BCUT2D eigenvalue weighted by molar-refractivity contribution is 1.18. The van der Waals surface area contributed by atoms with E-state index in [4.69, 9.17) is 15.0 Å². The van der Waals surface area contributed by atoms with Crippen LogP contribution in [0.1, 0.15) is 0 Å². The van der Waals surface area contributed by atoms with Gasteiger partial charge in [0, 0.05) is 27.6 Å². The zero-order valence-corrected chi connectivity index (χ0v) is 33.9. The van der Waals surface area contributed by atoms with Crippen LogP contribution in [0.2, 0.25) is 0 Å². The standard InChI is InChI=1S/C59H39N3/c1-4-12-40(13-5-1)42-22-30-49(31-23-42)56-39-57(50-32-24-43(25-33-50)41-14-6-2-7-15-41)62-59(61-56)51-34-26-45(27-35-51)44-20-28-47(29-21-44)53-38-55(48-17-8-3-9-18-48)60-54-37-36-46-16-10-11-19-52(46)58(53)54/h1-39H. The number of aromatic nitrogens is 3. The summed E-state index contributed by atoms with van der Waals surface area (Å²) in [5.74, 6) is 0.685. The average molecular weight is 790 g/mol. The highest BCUT2D eigenvalue weighted by molar-refractivity contribution is 6.13. The van der Waals surface area contributed by atoms with Crippen molar-refractivity contribution in [2.45, 2.75) is 0 Å². The molecule has 290 valence electrons. The molecule has 0 radical (unpaired) electrons. The van der Waals surface area contributed by atoms with Crippen LogP contribution in [0.15, 0.2) is 237 Å². The fourth-order valence-corrected chi connectivity index (χ4v) is 8.45. The third-order valence-corrected chi connectivity index (χ3v) is 11.7. The summed E-state index contributed by atoms with van der Waals surface area (Å²) in [5.41, 5.74) is 17.1. The van der Waals surface area contributed by atoms with Gasteiger partial charge in [-0.15, -0.1) is 0 Å². The van der Waals surface area contributed by atoms with Gasteiger partial charge in [-0.1, -0.05) is 218 Å². The Morgan fingerprint density at radius 1 is 0.242 bits per heavy atom. The Balaban J connectivity index is 0.942. The number of nitrogens with zero attached hydrogens (tertiary/aromatic N) is 3. The second kappa shape index (κ2) is 16.1. The molecule has 2 heterocycles. The molecule has 0 aliphatic heterocycles. The van der Waals surface area contributed by atoms with Gasteiger partial charge >= 0.3 is 0 Å². The van der Waals surface area contributed by atoms with Gasteiger partial charge in [0.15, 0.2) is 5.82 Å². The molecule has 0 atom stereocenters. The quantitative estimate of drug-likeness (QED) is 0.144. The van der Waals surface area contributed by atoms with Gasteiger partial charge in [-0.3, -0.25) is 0 Å². The van der Waals surface area contributed by atoms with Crippen molar-refractivity contribution in [2.24, 2.45) is 0 Å². The number of benzene rings is 9. The predicted molar refractivity (Wildman–Crippen MR) is 258 cm³/mol. The highest BCUT2D eigenvalue weighted by Crippen LogP contribution is 2.38. The van der Waals surface area contributed by atoms with E-state index >= 15 is 0 Å². The third-order valence-electron chi connectivity index (χ3n) is 11.7. The number of hydrogen-bond acceptors (Lipinski definition) is 3. The van der Waals surface area contributed by atoms with Crippen molar-refractivity contribution in [1.29, 1.82) is 0 Å². The maximum Gasteiger partial charge on any atom is 0.160 e. The van der Waals surface area contributed by atoms with Gasteiger partial charge in [-0.05, 0) is 73.5 Å². The second-order valence-corrected chi connectivity index (χ2v) is 15.6. The topological polar surface area (TPSA) is 38.7 Å². The van der Waals surface area contributed by atoms with Crippen LogP contribution in [0.5, 0.6) is 0 Å². The molecule has 0 aliphatic carbocycles. The molecule has 11 aromatic rings. The van der Waals surface area contributed by atoms with Crippen molar-refractivity contribution in [3.05, 3.63) is 237 Å². The maximum absolute atomic E-state index is 5.17. The zero-order valence-electron chi connectivity index (χ0n) is 33.9. The Bertz CT molecular complexity index is 3230. The minimum absolute atomic E-state index is 0.685. The van der Waals surface area contributed by atoms with Gasteiger partial charge in [0.2, 0.25) is 0 Å². The number of fused-ring (bicyclic) bond motifs is 3. The summed E-state index contributed by atoms with van der Waals surface area (Å²) in [6.07, 6.45) is 0. The van der Waals surface area contributed by atoms with Gasteiger partial charge in [-0.2, -0.15) is 0 Å². The van der Waals surface area contributed by atoms with Crippen LogP contribution in [0, 0.1) is 0 Å². The Labute approximate surface area is 361 Å². The van der Waals surface area contributed by atoms with Crippen molar-refractivity contribution >= 4 is 21.7 Å². The fourth-order valence-electron chi connectivity index (χ4n) is 8.45. The molecule has 0 aliphatic rings. The van der Waals surface area contributed by atoms with Crippen molar-refractivity contribution in [3.63, 3.8) is 0 Å². The first-order valence-corrected chi connectivity index (χ1v) is 21.0. The highest BCUT2D eigenvalue weighted by atomic mass is 14.9. The van der Waals surface area contributed by atoms with E-state index in [1.165, 1.54) is 44.0 Å². The average Bonchev–Trinajstić information content (AvgIpc) is 3.37. The highest BCUT2D eigenvalue weighted by Gasteiger charge is 2.15. The first-order valence-electron chi connectivity index (χ1n) is 21.0. The normalized spacial score (nSPS) is 11.2. The van der Waals surface area contributed by atoms with Crippen LogP contribution in [0.25, 0.3) is 111 Å². The van der Waals surface area contributed by atoms with Crippen LogP contribution >= 0.6 is 0 Å². The van der Waals surface area contributed by atoms with Crippen LogP contribution < -0.4 is 0 Å². The predicted octanol–water partition coefficient (Wildman–Crippen LogP) is 15.5. The smallest absolute Gasteiger partial charge is 0.160 e. The number of pyridine rings is 1. The summed E-state index contributed by atoms with van der Waals surface area (Å²) in [6, 6.07) is 83.4. The molecule has 0 spiro atoms. The molecule has 0 amide bonds. The Kier molecular flexibility index (Phi) is 9.53. The number of hydrogen-bond donors (Lipinski definition) is 0. The molecule has 62 heavy (non-hydrogen) atoms. The molecule has 2 aromatic heterocycles. The summed E-state index contributed by atoms with van der Waals surface area (Å²) in [5, 5.41) is 3.58. The first-order chi connectivity index (χ1) is 30.7. The summed E-state index contributed by atoms with van der Waals surface area (Å²) < 4.78 is 0. The van der Waals surface area contributed by atoms with E-state index in [1.807, 2.05) is 18.2 Å². The van der Waals surface area contributed by atoms with Crippen LogP contribution in [0.4, 0.5) is 0 Å². The van der Waals surface area contributed by atoms with E-state index in [1.54, 1.807) is 0 Å². The molecular formula is C59H39N3. The number of rotatable bonds is 8. The molecule has 3 heteroatoms. The first kappa shape index (κ1) is 36.8. The van der Waals surface area contributed by atoms with E-state index in [0.717, 1.165) is 61.5 Å². The SMILES string of the molecule is c1ccc(-c2ccc(-c3cc(-c4ccc(-c5ccccc5)cc4)nc(-c4ccc(-c5ccc(-c6cc(-c7ccccc7)nc7ccc8ccccc8c67)cc5)cc4)n3)cc2)cc1.